The molecule has 1 saturated carbocycles. The third kappa shape index (κ3) is 5.37. The Balaban J connectivity index is 1.60. The van der Waals surface area contributed by atoms with Crippen LogP contribution in [-0.4, -0.2) is 35.6 Å². The predicted molar refractivity (Wildman–Crippen MR) is 130 cm³/mol. The first-order valence-electron chi connectivity index (χ1n) is 10.8. The minimum atomic E-state index is 0.0871. The Hall–Kier alpha value is -2.60. The Morgan fingerprint density at radius 2 is 1.81 bits per heavy atom. The van der Waals surface area contributed by atoms with Crippen LogP contribution in [0.3, 0.4) is 0 Å². The van der Waals surface area contributed by atoms with Gasteiger partial charge in [0.25, 0.3) is 0 Å². The second-order valence-electron chi connectivity index (χ2n) is 8.24. The van der Waals surface area contributed by atoms with Crippen molar-refractivity contribution in [3.05, 3.63) is 53.1 Å². The van der Waals surface area contributed by atoms with Gasteiger partial charge >= 0.3 is 0 Å². The maximum absolute atomic E-state index is 12.5. The molecule has 0 saturated heterocycles. The van der Waals surface area contributed by atoms with E-state index >= 15 is 0 Å². The topological polar surface area (TPSA) is 63.1 Å². The summed E-state index contributed by atoms with van der Waals surface area (Å²) < 4.78 is 5.41. The van der Waals surface area contributed by atoms with E-state index < -0.39 is 0 Å². The second kappa shape index (κ2) is 9.69. The molecule has 1 aliphatic carbocycles. The number of aryl methyl sites for hydroxylation is 2. The predicted octanol–water partition coefficient (Wildman–Crippen LogP) is 5.66. The highest BCUT2D eigenvalue weighted by molar-refractivity contribution is 8.14. The molecule has 1 aliphatic heterocycles. The zero-order valence-electron chi connectivity index (χ0n) is 18.4. The quantitative estimate of drug-likeness (QED) is 0.659. The van der Waals surface area contributed by atoms with Gasteiger partial charge in [-0.25, -0.2) is 4.99 Å². The van der Waals surface area contributed by atoms with Crippen LogP contribution in [0.25, 0.3) is 0 Å². The first-order valence-corrected chi connectivity index (χ1v) is 11.8. The fourth-order valence-electron chi connectivity index (χ4n) is 4.01. The number of rotatable bonds is 5. The van der Waals surface area contributed by atoms with Crippen LogP contribution in [0.2, 0.25) is 0 Å². The van der Waals surface area contributed by atoms with Crippen LogP contribution in [0.5, 0.6) is 5.75 Å². The van der Waals surface area contributed by atoms with E-state index in [0.717, 1.165) is 46.3 Å². The van der Waals surface area contributed by atoms with Crippen molar-refractivity contribution >= 4 is 39.8 Å². The molecule has 0 atom stereocenters. The summed E-state index contributed by atoms with van der Waals surface area (Å²) in [5.41, 5.74) is 6.05. The van der Waals surface area contributed by atoms with Crippen molar-refractivity contribution in [3.63, 3.8) is 0 Å². The molecule has 0 spiro atoms. The molecule has 31 heavy (non-hydrogen) atoms. The number of fused-ring (bicyclic) bond motifs is 1. The van der Waals surface area contributed by atoms with Gasteiger partial charge in [-0.1, -0.05) is 25.0 Å². The number of amides is 1. The summed E-state index contributed by atoms with van der Waals surface area (Å²) in [5, 5.41) is 4.07. The van der Waals surface area contributed by atoms with E-state index in [4.69, 9.17) is 14.7 Å². The Morgan fingerprint density at radius 3 is 2.52 bits per heavy atom. The van der Waals surface area contributed by atoms with E-state index in [9.17, 15) is 4.79 Å². The number of aliphatic imine (C=N–C) groups is 2. The molecule has 4 rings (SSSR count). The van der Waals surface area contributed by atoms with Crippen LogP contribution in [-0.2, 0) is 4.79 Å². The number of hydrogen-bond acceptors (Lipinski definition) is 5. The lowest BCUT2D eigenvalue weighted by molar-refractivity contribution is -0.119. The molecule has 6 heteroatoms. The van der Waals surface area contributed by atoms with E-state index in [0.29, 0.717) is 18.2 Å². The van der Waals surface area contributed by atoms with Gasteiger partial charge < -0.3 is 10.1 Å². The first-order chi connectivity index (χ1) is 15.0. The van der Waals surface area contributed by atoms with Crippen LogP contribution >= 0.6 is 11.8 Å². The number of carbonyl (C=O) groups excluding carboxylic acids is 1. The summed E-state index contributed by atoms with van der Waals surface area (Å²) in [6.07, 6.45) is 5.19. The highest BCUT2D eigenvalue weighted by Gasteiger charge is 2.20. The number of ether oxygens (including phenoxy) is 1. The third-order valence-corrected chi connectivity index (χ3v) is 6.88. The molecular weight excluding hydrogens is 406 g/mol. The minimum absolute atomic E-state index is 0.0871. The van der Waals surface area contributed by atoms with Crippen LogP contribution in [0.4, 0.5) is 11.4 Å². The Morgan fingerprint density at radius 1 is 1.10 bits per heavy atom. The van der Waals surface area contributed by atoms with Gasteiger partial charge in [0.05, 0.1) is 35.0 Å². The number of nitrogens with one attached hydrogen (secondary N) is 1. The number of thioether (sulfide) groups is 1. The summed E-state index contributed by atoms with van der Waals surface area (Å²) in [4.78, 5) is 22.4. The van der Waals surface area contributed by atoms with E-state index in [1.165, 1.54) is 35.7 Å². The largest absolute Gasteiger partial charge is 0.497 e. The van der Waals surface area contributed by atoms with Gasteiger partial charge in [0.1, 0.15) is 5.75 Å². The summed E-state index contributed by atoms with van der Waals surface area (Å²) in [7, 11) is 1.67. The lowest BCUT2D eigenvalue weighted by Crippen LogP contribution is -2.34. The highest BCUT2D eigenvalue weighted by Crippen LogP contribution is 2.36. The van der Waals surface area contributed by atoms with Gasteiger partial charge in [-0.05, 0) is 62.1 Å². The molecule has 1 N–H and O–H groups in total. The van der Waals surface area contributed by atoms with Crippen LogP contribution < -0.4 is 10.1 Å². The van der Waals surface area contributed by atoms with Crippen LogP contribution in [0.1, 0.15) is 48.8 Å². The Bertz CT molecular complexity index is 1040. The van der Waals surface area contributed by atoms with Crippen molar-refractivity contribution in [2.45, 2.75) is 52.0 Å². The van der Waals surface area contributed by atoms with Crippen molar-refractivity contribution in [1.82, 2.24) is 5.32 Å². The molecular formula is C25H29N3O2S. The zero-order chi connectivity index (χ0) is 21.8. The van der Waals surface area contributed by atoms with E-state index in [1.807, 2.05) is 24.3 Å². The van der Waals surface area contributed by atoms with Gasteiger partial charge in [-0.2, -0.15) is 0 Å². The number of methoxy groups -OCH3 is 1. The molecule has 0 aromatic heterocycles. The Kier molecular flexibility index (Phi) is 6.76. The molecule has 1 heterocycles. The molecule has 2 aliphatic rings. The standard InChI is InChI=1S/C25H29N3O2S/c1-16-11-22-23(12-17(16)2)28-25(31-15-24(29)26-19-8-4-5-9-19)14-21(27-22)18-7-6-10-20(13-18)30-3/h6-7,10-13,19H,4-5,8-9,14-15H2,1-3H3,(H,26,29). The molecule has 2 aromatic carbocycles. The molecule has 0 unspecified atom stereocenters. The van der Waals surface area contributed by atoms with E-state index in [1.54, 1.807) is 7.11 Å². The number of nitrogens with zero attached hydrogens (tertiary/aromatic N) is 2. The number of benzene rings is 2. The fraction of sp³-hybridized carbons (Fsp3) is 0.400. The SMILES string of the molecule is COc1cccc(C2=Nc3cc(C)c(C)cc3N=C(SCC(=O)NC3CCCC3)C2)c1. The maximum Gasteiger partial charge on any atom is 0.230 e. The van der Waals surface area contributed by atoms with Gasteiger partial charge in [0, 0.05) is 18.0 Å². The van der Waals surface area contributed by atoms with Gasteiger partial charge in [-0.3, -0.25) is 9.79 Å². The third-order valence-electron chi connectivity index (χ3n) is 5.90. The van der Waals surface area contributed by atoms with Crippen molar-refractivity contribution < 1.29 is 9.53 Å². The van der Waals surface area contributed by atoms with E-state index in [-0.39, 0.29) is 5.91 Å². The summed E-state index contributed by atoms with van der Waals surface area (Å²) >= 11 is 1.51. The fourth-order valence-corrected chi connectivity index (χ4v) is 4.79. The smallest absolute Gasteiger partial charge is 0.230 e. The molecule has 5 nitrogen and oxygen atoms in total. The number of hydrogen-bond donors (Lipinski definition) is 1. The summed E-state index contributed by atoms with van der Waals surface area (Å²) in [6.45, 7) is 4.18. The molecule has 0 radical (unpaired) electrons. The van der Waals surface area contributed by atoms with Crippen LogP contribution in [0.15, 0.2) is 46.4 Å². The zero-order valence-corrected chi connectivity index (χ0v) is 19.2. The molecule has 0 bridgehead atoms. The van der Waals surface area contributed by atoms with Gasteiger partial charge in [-0.15, -0.1) is 11.8 Å². The van der Waals surface area contributed by atoms with Crippen molar-refractivity contribution in [2.75, 3.05) is 12.9 Å². The number of carbonyl (C=O) groups is 1. The van der Waals surface area contributed by atoms with Crippen molar-refractivity contribution in [1.29, 1.82) is 0 Å². The minimum Gasteiger partial charge on any atom is -0.497 e. The maximum atomic E-state index is 12.5. The second-order valence-corrected chi connectivity index (χ2v) is 9.28. The summed E-state index contributed by atoms with van der Waals surface area (Å²) in [5.74, 6) is 1.26. The molecule has 1 amide bonds. The van der Waals surface area contributed by atoms with Crippen molar-refractivity contribution in [2.24, 2.45) is 9.98 Å². The van der Waals surface area contributed by atoms with Crippen LogP contribution in [0, 0.1) is 13.8 Å². The molecule has 1 fully saturated rings. The lowest BCUT2D eigenvalue weighted by atomic mass is 10.1. The average Bonchev–Trinajstić information content (AvgIpc) is 3.20. The highest BCUT2D eigenvalue weighted by atomic mass is 32.2. The first kappa shape index (κ1) is 21.6. The monoisotopic (exact) mass is 435 g/mol. The normalized spacial score (nSPS) is 16.2. The lowest BCUT2D eigenvalue weighted by Gasteiger charge is -2.12. The van der Waals surface area contributed by atoms with Crippen molar-refractivity contribution in [3.8, 4) is 5.75 Å². The average molecular weight is 436 g/mol. The summed E-state index contributed by atoms with van der Waals surface area (Å²) in [6, 6.07) is 12.5. The van der Waals surface area contributed by atoms with E-state index in [2.05, 4.69) is 31.3 Å². The molecule has 162 valence electrons. The molecule has 2 aromatic rings. The van der Waals surface area contributed by atoms with Gasteiger partial charge in [0.15, 0.2) is 0 Å². The van der Waals surface area contributed by atoms with Gasteiger partial charge in [0.2, 0.25) is 5.91 Å². The Labute approximate surface area is 188 Å².